The number of halogens is 2. The SMILES string of the molecule is COc1cccc(C(CNC(=O)C2CC3CCCCC3N2)N2CCCC2)c1.Cl.Cl. The first-order valence-corrected chi connectivity index (χ1v) is 10.7. The molecular weight excluding hydrogens is 409 g/mol. The molecule has 2 saturated heterocycles. The van der Waals surface area contributed by atoms with Crippen LogP contribution in [0.25, 0.3) is 0 Å². The molecule has 4 atom stereocenters. The zero-order valence-electron chi connectivity index (χ0n) is 17.3. The van der Waals surface area contributed by atoms with Crippen LogP contribution in [0.2, 0.25) is 0 Å². The molecule has 1 aromatic carbocycles. The number of amides is 1. The van der Waals surface area contributed by atoms with Crippen LogP contribution in [0.15, 0.2) is 24.3 Å². The van der Waals surface area contributed by atoms with Crippen molar-refractivity contribution in [2.75, 3.05) is 26.7 Å². The lowest BCUT2D eigenvalue weighted by atomic mass is 9.85. The number of rotatable bonds is 6. The quantitative estimate of drug-likeness (QED) is 0.703. The molecule has 1 aromatic rings. The zero-order valence-corrected chi connectivity index (χ0v) is 18.9. The Morgan fingerprint density at radius 2 is 1.97 bits per heavy atom. The Morgan fingerprint density at radius 1 is 1.21 bits per heavy atom. The minimum atomic E-state index is -0.0114. The molecule has 164 valence electrons. The van der Waals surface area contributed by atoms with Crippen molar-refractivity contribution in [3.05, 3.63) is 29.8 Å². The molecule has 4 unspecified atom stereocenters. The van der Waals surface area contributed by atoms with Crippen LogP contribution in [0, 0.1) is 5.92 Å². The first-order chi connectivity index (χ1) is 13.2. The van der Waals surface area contributed by atoms with Gasteiger partial charge in [-0.3, -0.25) is 9.69 Å². The van der Waals surface area contributed by atoms with Crippen molar-refractivity contribution >= 4 is 30.7 Å². The number of nitrogens with one attached hydrogen (secondary N) is 2. The van der Waals surface area contributed by atoms with Crippen LogP contribution in [0.1, 0.15) is 56.6 Å². The molecular formula is C22H35Cl2N3O2. The summed E-state index contributed by atoms with van der Waals surface area (Å²) in [6.45, 7) is 2.87. The fraction of sp³-hybridized carbons (Fsp3) is 0.682. The predicted molar refractivity (Wildman–Crippen MR) is 121 cm³/mol. The number of methoxy groups -OCH3 is 1. The van der Waals surface area contributed by atoms with Gasteiger partial charge in [0.25, 0.3) is 0 Å². The third kappa shape index (κ3) is 5.78. The van der Waals surface area contributed by atoms with E-state index in [1.54, 1.807) is 7.11 Å². The van der Waals surface area contributed by atoms with Crippen LogP contribution in [0.4, 0.5) is 0 Å². The van der Waals surface area contributed by atoms with Gasteiger partial charge in [-0.05, 0) is 68.8 Å². The Morgan fingerprint density at radius 3 is 2.69 bits per heavy atom. The molecule has 2 N–H and O–H groups in total. The van der Waals surface area contributed by atoms with Gasteiger partial charge in [0.15, 0.2) is 0 Å². The van der Waals surface area contributed by atoms with E-state index in [1.807, 2.05) is 12.1 Å². The molecule has 0 radical (unpaired) electrons. The molecule has 1 amide bonds. The van der Waals surface area contributed by atoms with Gasteiger partial charge in [0.1, 0.15) is 5.75 Å². The fourth-order valence-corrected chi connectivity index (χ4v) is 5.20. The molecule has 4 rings (SSSR count). The summed E-state index contributed by atoms with van der Waals surface area (Å²) in [7, 11) is 1.71. The minimum Gasteiger partial charge on any atom is -0.497 e. The molecule has 1 saturated carbocycles. The van der Waals surface area contributed by atoms with E-state index in [0.29, 0.717) is 18.5 Å². The van der Waals surface area contributed by atoms with Gasteiger partial charge in [0, 0.05) is 12.6 Å². The number of likely N-dealkylation sites (tertiary alicyclic amines) is 1. The standard InChI is InChI=1S/C22H33N3O2.2ClH/c1-27-18-9-6-8-17(13-18)21(25-11-4-5-12-25)15-23-22(26)20-14-16-7-2-3-10-19(16)24-20;;/h6,8-9,13,16,19-21,24H,2-5,7,10-12,14-15H2,1H3,(H,23,26);2*1H. The maximum atomic E-state index is 12.8. The first kappa shape index (κ1) is 24.3. The second-order valence-electron chi connectivity index (χ2n) is 8.39. The van der Waals surface area contributed by atoms with E-state index in [0.717, 1.165) is 25.3 Å². The van der Waals surface area contributed by atoms with Crippen molar-refractivity contribution < 1.29 is 9.53 Å². The number of ether oxygens (including phenoxy) is 1. The lowest BCUT2D eigenvalue weighted by molar-refractivity contribution is -0.123. The normalized spacial score (nSPS) is 27.3. The van der Waals surface area contributed by atoms with E-state index in [-0.39, 0.29) is 42.8 Å². The van der Waals surface area contributed by atoms with Gasteiger partial charge in [0.2, 0.25) is 5.91 Å². The molecule has 3 fully saturated rings. The van der Waals surface area contributed by atoms with E-state index in [2.05, 4.69) is 27.7 Å². The van der Waals surface area contributed by atoms with Crippen LogP contribution >= 0.6 is 24.8 Å². The van der Waals surface area contributed by atoms with E-state index >= 15 is 0 Å². The summed E-state index contributed by atoms with van der Waals surface area (Å²) in [4.78, 5) is 15.3. The van der Waals surface area contributed by atoms with Gasteiger partial charge in [-0.25, -0.2) is 0 Å². The summed E-state index contributed by atoms with van der Waals surface area (Å²) in [5.41, 5.74) is 1.23. The molecule has 1 aliphatic carbocycles. The van der Waals surface area contributed by atoms with E-state index in [4.69, 9.17) is 4.74 Å². The zero-order chi connectivity index (χ0) is 18.6. The lowest BCUT2D eigenvalue weighted by Crippen LogP contribution is -2.45. The smallest absolute Gasteiger partial charge is 0.237 e. The summed E-state index contributed by atoms with van der Waals surface area (Å²) >= 11 is 0. The van der Waals surface area contributed by atoms with Gasteiger partial charge in [-0.15, -0.1) is 24.8 Å². The number of fused-ring (bicyclic) bond motifs is 1. The number of hydrogen-bond donors (Lipinski definition) is 2. The highest BCUT2D eigenvalue weighted by Gasteiger charge is 2.38. The van der Waals surface area contributed by atoms with Crippen molar-refractivity contribution in [2.45, 2.75) is 63.1 Å². The summed E-state index contributed by atoms with van der Waals surface area (Å²) in [5.74, 6) is 1.75. The highest BCUT2D eigenvalue weighted by Crippen LogP contribution is 2.33. The summed E-state index contributed by atoms with van der Waals surface area (Å²) in [5, 5.41) is 6.86. The minimum absolute atomic E-state index is 0. The Kier molecular flexibility index (Phi) is 9.54. The topological polar surface area (TPSA) is 53.6 Å². The summed E-state index contributed by atoms with van der Waals surface area (Å²) < 4.78 is 5.41. The molecule has 0 bridgehead atoms. The summed E-state index contributed by atoms with van der Waals surface area (Å²) in [6.07, 6.45) is 8.61. The maximum absolute atomic E-state index is 12.8. The van der Waals surface area contributed by atoms with Crippen molar-refractivity contribution in [2.24, 2.45) is 5.92 Å². The van der Waals surface area contributed by atoms with Gasteiger partial charge in [0.05, 0.1) is 19.2 Å². The van der Waals surface area contributed by atoms with Crippen molar-refractivity contribution in [3.8, 4) is 5.75 Å². The van der Waals surface area contributed by atoms with Crippen LogP contribution < -0.4 is 15.4 Å². The average molecular weight is 444 g/mol. The van der Waals surface area contributed by atoms with Gasteiger partial charge in [-0.2, -0.15) is 0 Å². The number of carbonyl (C=O) groups is 1. The van der Waals surface area contributed by atoms with Crippen LogP contribution in [-0.4, -0.2) is 49.6 Å². The largest absolute Gasteiger partial charge is 0.497 e. The number of carbonyl (C=O) groups excluding carboxylic acids is 1. The van der Waals surface area contributed by atoms with Crippen molar-refractivity contribution in [1.29, 1.82) is 0 Å². The van der Waals surface area contributed by atoms with Crippen molar-refractivity contribution in [1.82, 2.24) is 15.5 Å². The third-order valence-electron chi connectivity index (χ3n) is 6.71. The van der Waals surface area contributed by atoms with Gasteiger partial charge >= 0.3 is 0 Å². The highest BCUT2D eigenvalue weighted by molar-refractivity contribution is 5.85. The Labute approximate surface area is 187 Å². The Hall–Kier alpha value is -1.01. The maximum Gasteiger partial charge on any atom is 0.237 e. The number of hydrogen-bond acceptors (Lipinski definition) is 4. The molecule has 29 heavy (non-hydrogen) atoms. The monoisotopic (exact) mass is 443 g/mol. The fourth-order valence-electron chi connectivity index (χ4n) is 5.20. The highest BCUT2D eigenvalue weighted by atomic mass is 35.5. The number of benzene rings is 1. The van der Waals surface area contributed by atoms with Crippen LogP contribution in [0.3, 0.4) is 0 Å². The first-order valence-electron chi connectivity index (χ1n) is 10.7. The molecule has 5 nitrogen and oxygen atoms in total. The predicted octanol–water partition coefficient (Wildman–Crippen LogP) is 3.71. The second kappa shape index (κ2) is 11.4. The lowest BCUT2D eigenvalue weighted by Gasteiger charge is -2.29. The van der Waals surface area contributed by atoms with Gasteiger partial charge in [-0.1, -0.05) is 25.0 Å². The summed E-state index contributed by atoms with van der Waals surface area (Å²) in [6, 6.07) is 9.05. The molecule has 7 heteroatoms. The van der Waals surface area contributed by atoms with E-state index < -0.39 is 0 Å². The number of nitrogens with zero attached hydrogens (tertiary/aromatic N) is 1. The third-order valence-corrected chi connectivity index (χ3v) is 6.71. The van der Waals surface area contributed by atoms with Crippen molar-refractivity contribution in [3.63, 3.8) is 0 Å². The Bertz CT molecular complexity index is 641. The molecule has 2 aliphatic heterocycles. The molecule has 3 aliphatic rings. The average Bonchev–Trinajstić information content (AvgIpc) is 3.38. The van der Waals surface area contributed by atoms with Crippen LogP contribution in [-0.2, 0) is 4.79 Å². The van der Waals surface area contributed by atoms with E-state index in [9.17, 15) is 4.79 Å². The van der Waals surface area contributed by atoms with E-state index in [1.165, 1.54) is 44.1 Å². The molecule has 2 heterocycles. The molecule has 0 spiro atoms. The second-order valence-corrected chi connectivity index (χ2v) is 8.39. The molecule has 0 aromatic heterocycles. The van der Waals surface area contributed by atoms with Crippen LogP contribution in [0.5, 0.6) is 5.75 Å². The van der Waals surface area contributed by atoms with Gasteiger partial charge < -0.3 is 15.4 Å². The Balaban J connectivity index is 0.00000150.